The lowest BCUT2D eigenvalue weighted by molar-refractivity contribution is -0.124. The number of hydrogen-bond donors (Lipinski definition) is 1. The predicted octanol–water partition coefficient (Wildman–Crippen LogP) is 2.93. The minimum Gasteiger partial charge on any atom is -0.381 e. The van der Waals surface area contributed by atoms with E-state index in [4.69, 9.17) is 16.1 Å². The SMILES string of the molecule is CCN(CCN1CCC(c2noc3cc(Cl)ccc23)CC1)C[C@](C)(O)C=O. The molecule has 1 fully saturated rings. The number of likely N-dealkylation sites (tertiary alicyclic amines) is 1. The highest BCUT2D eigenvalue weighted by atomic mass is 35.5. The molecular formula is C20H28ClN3O3. The Balaban J connectivity index is 1.52. The fourth-order valence-corrected chi connectivity index (χ4v) is 3.94. The highest BCUT2D eigenvalue weighted by Crippen LogP contribution is 2.33. The first-order chi connectivity index (χ1) is 12.9. The van der Waals surface area contributed by atoms with E-state index in [2.05, 4.69) is 21.9 Å². The molecule has 1 aliphatic rings. The summed E-state index contributed by atoms with van der Waals surface area (Å²) in [6, 6.07) is 5.69. The van der Waals surface area contributed by atoms with Gasteiger partial charge in [0.25, 0.3) is 0 Å². The number of benzene rings is 1. The van der Waals surface area contributed by atoms with Crippen LogP contribution < -0.4 is 0 Å². The second-order valence-corrected chi connectivity index (χ2v) is 8.10. The number of fused-ring (bicyclic) bond motifs is 1. The molecule has 0 radical (unpaired) electrons. The Morgan fingerprint density at radius 2 is 2.19 bits per heavy atom. The molecule has 1 aromatic carbocycles. The van der Waals surface area contributed by atoms with Gasteiger partial charge in [-0.05, 0) is 51.5 Å². The summed E-state index contributed by atoms with van der Waals surface area (Å²) in [6.07, 6.45) is 2.71. The number of aliphatic hydroxyl groups is 1. The summed E-state index contributed by atoms with van der Waals surface area (Å²) in [5.41, 5.74) is 0.513. The van der Waals surface area contributed by atoms with Gasteiger partial charge in [0, 0.05) is 42.0 Å². The molecule has 148 valence electrons. The summed E-state index contributed by atoms with van der Waals surface area (Å²) in [6.45, 7) is 8.59. The smallest absolute Gasteiger partial charge is 0.168 e. The van der Waals surface area contributed by atoms with E-state index < -0.39 is 5.60 Å². The molecule has 0 bridgehead atoms. The monoisotopic (exact) mass is 393 g/mol. The largest absolute Gasteiger partial charge is 0.381 e. The summed E-state index contributed by atoms with van der Waals surface area (Å²) in [5, 5.41) is 16.0. The molecule has 0 aliphatic carbocycles. The number of piperidine rings is 1. The third-order valence-corrected chi connectivity index (χ3v) is 5.65. The van der Waals surface area contributed by atoms with E-state index in [-0.39, 0.29) is 0 Å². The maximum Gasteiger partial charge on any atom is 0.168 e. The lowest BCUT2D eigenvalue weighted by atomic mass is 9.91. The topological polar surface area (TPSA) is 69.8 Å². The van der Waals surface area contributed by atoms with Gasteiger partial charge in [-0.2, -0.15) is 0 Å². The molecule has 6 nitrogen and oxygen atoms in total. The van der Waals surface area contributed by atoms with Gasteiger partial charge in [-0.15, -0.1) is 0 Å². The van der Waals surface area contributed by atoms with Crippen molar-refractivity contribution in [2.45, 2.75) is 38.2 Å². The number of aromatic nitrogens is 1. The average molecular weight is 394 g/mol. The maximum absolute atomic E-state index is 10.9. The van der Waals surface area contributed by atoms with Crippen molar-refractivity contribution in [3.63, 3.8) is 0 Å². The van der Waals surface area contributed by atoms with E-state index in [1.165, 1.54) is 0 Å². The first-order valence-corrected chi connectivity index (χ1v) is 9.98. The van der Waals surface area contributed by atoms with Gasteiger partial charge in [-0.25, -0.2) is 0 Å². The summed E-state index contributed by atoms with van der Waals surface area (Å²) in [5.74, 6) is 0.404. The van der Waals surface area contributed by atoms with Gasteiger partial charge >= 0.3 is 0 Å². The van der Waals surface area contributed by atoms with Crippen LogP contribution in [0, 0.1) is 0 Å². The second-order valence-electron chi connectivity index (χ2n) is 7.67. The molecule has 0 spiro atoms. The van der Waals surface area contributed by atoms with Gasteiger partial charge in [0.05, 0.1) is 5.69 Å². The van der Waals surface area contributed by atoms with Crippen molar-refractivity contribution in [2.75, 3.05) is 39.3 Å². The number of carbonyl (C=O) groups is 1. The molecule has 0 unspecified atom stereocenters. The minimum absolute atomic E-state index is 0.372. The fraction of sp³-hybridized carbons (Fsp3) is 0.600. The summed E-state index contributed by atoms with van der Waals surface area (Å²) in [7, 11) is 0. The molecule has 2 aromatic rings. The van der Waals surface area contributed by atoms with Crippen LogP contribution in [0.2, 0.25) is 5.02 Å². The Labute approximate surface area is 165 Å². The van der Waals surface area contributed by atoms with E-state index >= 15 is 0 Å². The number of hydrogen-bond acceptors (Lipinski definition) is 6. The third-order valence-electron chi connectivity index (χ3n) is 5.41. The van der Waals surface area contributed by atoms with Crippen LogP contribution in [0.25, 0.3) is 11.0 Å². The first-order valence-electron chi connectivity index (χ1n) is 9.60. The number of nitrogens with zero attached hydrogens (tertiary/aromatic N) is 3. The Morgan fingerprint density at radius 3 is 2.85 bits per heavy atom. The maximum atomic E-state index is 10.9. The van der Waals surface area contributed by atoms with Crippen molar-refractivity contribution in [3.05, 3.63) is 28.9 Å². The van der Waals surface area contributed by atoms with Gasteiger partial charge in [0.15, 0.2) is 11.9 Å². The quantitative estimate of drug-likeness (QED) is 0.695. The molecule has 1 saturated heterocycles. The lowest BCUT2D eigenvalue weighted by Gasteiger charge is -2.34. The molecule has 1 atom stereocenters. The molecule has 1 aliphatic heterocycles. The summed E-state index contributed by atoms with van der Waals surface area (Å²) >= 11 is 6.02. The van der Waals surface area contributed by atoms with Crippen LogP contribution >= 0.6 is 11.6 Å². The molecule has 2 heterocycles. The molecule has 7 heteroatoms. The van der Waals surface area contributed by atoms with Crippen molar-refractivity contribution in [1.82, 2.24) is 15.0 Å². The van der Waals surface area contributed by atoms with Gasteiger partial charge in [0.2, 0.25) is 0 Å². The third kappa shape index (κ3) is 5.08. The number of likely N-dealkylation sites (N-methyl/N-ethyl adjacent to an activating group) is 1. The van der Waals surface area contributed by atoms with Crippen LogP contribution in [0.4, 0.5) is 0 Å². The molecule has 3 rings (SSSR count). The zero-order valence-corrected chi connectivity index (χ0v) is 16.8. The predicted molar refractivity (Wildman–Crippen MR) is 106 cm³/mol. The Kier molecular flexibility index (Phi) is 6.52. The highest BCUT2D eigenvalue weighted by molar-refractivity contribution is 6.31. The summed E-state index contributed by atoms with van der Waals surface area (Å²) in [4.78, 5) is 15.5. The number of halogens is 1. The molecule has 0 saturated carbocycles. The second kappa shape index (κ2) is 8.69. The molecule has 27 heavy (non-hydrogen) atoms. The van der Waals surface area contributed by atoms with Crippen LogP contribution in [0.15, 0.2) is 22.7 Å². The lowest BCUT2D eigenvalue weighted by Crippen LogP contribution is -2.45. The molecule has 1 aromatic heterocycles. The first kappa shape index (κ1) is 20.3. The van der Waals surface area contributed by atoms with Gasteiger partial charge in [-0.3, -0.25) is 4.90 Å². The van der Waals surface area contributed by atoms with Crippen LogP contribution in [-0.4, -0.2) is 71.2 Å². The van der Waals surface area contributed by atoms with Crippen molar-refractivity contribution < 1.29 is 14.4 Å². The zero-order chi connectivity index (χ0) is 19.4. The van der Waals surface area contributed by atoms with Crippen LogP contribution in [0.3, 0.4) is 0 Å². The van der Waals surface area contributed by atoms with Crippen LogP contribution in [0.5, 0.6) is 0 Å². The number of rotatable bonds is 8. The van der Waals surface area contributed by atoms with E-state index in [0.717, 1.165) is 62.2 Å². The summed E-state index contributed by atoms with van der Waals surface area (Å²) < 4.78 is 5.45. The molecule has 1 N–H and O–H groups in total. The van der Waals surface area contributed by atoms with E-state index in [9.17, 15) is 9.90 Å². The van der Waals surface area contributed by atoms with Crippen molar-refractivity contribution >= 4 is 28.9 Å². The Hall–Kier alpha value is -1.47. The van der Waals surface area contributed by atoms with Crippen molar-refractivity contribution in [2.24, 2.45) is 0 Å². The molecular weight excluding hydrogens is 366 g/mol. The van der Waals surface area contributed by atoms with E-state index in [1.54, 1.807) is 6.92 Å². The zero-order valence-electron chi connectivity index (χ0n) is 16.0. The molecule has 0 amide bonds. The van der Waals surface area contributed by atoms with Crippen LogP contribution in [-0.2, 0) is 4.79 Å². The van der Waals surface area contributed by atoms with E-state index in [0.29, 0.717) is 23.8 Å². The standard InChI is InChI=1S/C20H28ClN3O3/c1-3-23(13-20(2,26)14-25)10-11-24-8-6-15(7-9-24)19-17-5-4-16(21)12-18(17)27-22-19/h4-5,12,14-15,26H,3,6-11,13H2,1-2H3/t20-/m0/s1. The van der Waals surface area contributed by atoms with Gasteiger partial charge in [-0.1, -0.05) is 23.7 Å². The van der Waals surface area contributed by atoms with Crippen molar-refractivity contribution in [1.29, 1.82) is 0 Å². The Morgan fingerprint density at radius 1 is 1.44 bits per heavy atom. The van der Waals surface area contributed by atoms with E-state index in [1.807, 2.05) is 18.2 Å². The number of carbonyl (C=O) groups excluding carboxylic acids is 1. The highest BCUT2D eigenvalue weighted by Gasteiger charge is 2.26. The van der Waals surface area contributed by atoms with Gasteiger partial charge < -0.3 is 19.3 Å². The minimum atomic E-state index is -1.28. The fourth-order valence-electron chi connectivity index (χ4n) is 3.78. The average Bonchev–Trinajstić information content (AvgIpc) is 3.08. The van der Waals surface area contributed by atoms with Crippen molar-refractivity contribution in [3.8, 4) is 0 Å². The van der Waals surface area contributed by atoms with Crippen LogP contribution in [0.1, 0.15) is 38.3 Å². The Bertz CT molecular complexity index is 769. The normalized spacial score (nSPS) is 18.9. The number of aldehydes is 1. The van der Waals surface area contributed by atoms with Gasteiger partial charge in [0.1, 0.15) is 5.60 Å².